The van der Waals surface area contributed by atoms with Crippen molar-refractivity contribution in [2.24, 2.45) is 0 Å². The van der Waals surface area contributed by atoms with Gasteiger partial charge in [0, 0.05) is 6.42 Å². The first-order valence-corrected chi connectivity index (χ1v) is 30.5. The van der Waals surface area contributed by atoms with E-state index in [1.54, 1.807) is 0 Å². The van der Waals surface area contributed by atoms with Crippen LogP contribution in [0, 0.1) is 0 Å². The van der Waals surface area contributed by atoms with Gasteiger partial charge in [0.25, 0.3) is 0 Å². The predicted octanol–water partition coefficient (Wildman–Crippen LogP) is 17.4. The summed E-state index contributed by atoms with van der Waals surface area (Å²) in [5, 5.41) is 14.1. The highest BCUT2D eigenvalue weighted by molar-refractivity contribution is 7.47. The highest BCUT2D eigenvalue weighted by Gasteiger charge is 2.28. The molecule has 3 N–H and O–H groups in total. The van der Waals surface area contributed by atoms with Crippen LogP contribution in [0.15, 0.2) is 12.2 Å². The van der Waals surface area contributed by atoms with Gasteiger partial charge in [0.2, 0.25) is 5.91 Å². The lowest BCUT2D eigenvalue weighted by molar-refractivity contribution is -0.870. The van der Waals surface area contributed by atoms with Crippen molar-refractivity contribution in [3.05, 3.63) is 12.2 Å². The Bertz CT molecular complexity index is 1080. The molecule has 3 atom stereocenters. The topological polar surface area (TPSA) is 105 Å². The van der Waals surface area contributed by atoms with E-state index in [2.05, 4.69) is 31.3 Å². The largest absolute Gasteiger partial charge is 0.472 e. The summed E-state index contributed by atoms with van der Waals surface area (Å²) in [4.78, 5) is 23.3. The fourth-order valence-corrected chi connectivity index (χ4v) is 9.66. The number of hydrogen-bond donors (Lipinski definition) is 3. The summed E-state index contributed by atoms with van der Waals surface area (Å²) in [6, 6.07) is -0.760. The minimum absolute atomic E-state index is 0.0763. The van der Waals surface area contributed by atoms with Crippen molar-refractivity contribution >= 4 is 13.7 Å². The van der Waals surface area contributed by atoms with Gasteiger partial charge in [-0.05, 0) is 38.5 Å². The summed E-state index contributed by atoms with van der Waals surface area (Å²) in [6.45, 7) is 4.93. The number of carbonyl (C=O) groups excluding carboxylic acids is 1. The van der Waals surface area contributed by atoms with Gasteiger partial charge in [-0.2, -0.15) is 0 Å². The van der Waals surface area contributed by atoms with E-state index >= 15 is 0 Å². The van der Waals surface area contributed by atoms with Crippen molar-refractivity contribution in [1.82, 2.24) is 5.32 Å². The zero-order valence-corrected chi connectivity index (χ0v) is 45.9. The van der Waals surface area contributed by atoms with Gasteiger partial charge < -0.3 is 19.8 Å². The Kier molecular flexibility index (Phi) is 48.7. The molecular formula is C57H116N2O6P+. The molecule has 8 nitrogen and oxygen atoms in total. The average molecular weight is 957 g/mol. The molecule has 0 aliphatic heterocycles. The van der Waals surface area contributed by atoms with E-state index in [0.717, 1.165) is 38.5 Å². The molecule has 394 valence electrons. The van der Waals surface area contributed by atoms with Crippen LogP contribution in [0.1, 0.15) is 296 Å². The number of aliphatic hydroxyl groups excluding tert-OH is 1. The molecule has 0 spiro atoms. The smallest absolute Gasteiger partial charge is 0.391 e. The fraction of sp³-hybridized carbons (Fsp3) is 0.947. The Hall–Kier alpha value is -0.760. The number of carbonyl (C=O) groups is 1. The summed E-state index contributed by atoms with van der Waals surface area (Å²) in [6.07, 6.45) is 59.8. The lowest BCUT2D eigenvalue weighted by Gasteiger charge is -2.26. The van der Waals surface area contributed by atoms with E-state index in [4.69, 9.17) is 9.05 Å². The zero-order valence-electron chi connectivity index (χ0n) is 45.0. The molecule has 0 aromatic heterocycles. The van der Waals surface area contributed by atoms with Crippen LogP contribution in [-0.2, 0) is 18.4 Å². The Morgan fingerprint density at radius 1 is 0.500 bits per heavy atom. The number of aliphatic hydroxyl groups is 1. The number of nitrogens with zero attached hydrogens (tertiary/aromatic N) is 1. The maximum absolute atomic E-state index is 13.0. The maximum Gasteiger partial charge on any atom is 0.472 e. The van der Waals surface area contributed by atoms with Gasteiger partial charge in [0.1, 0.15) is 13.2 Å². The minimum Gasteiger partial charge on any atom is -0.391 e. The van der Waals surface area contributed by atoms with E-state index in [9.17, 15) is 19.4 Å². The van der Waals surface area contributed by atoms with Crippen molar-refractivity contribution in [2.45, 2.75) is 309 Å². The molecule has 0 aromatic rings. The molecule has 0 fully saturated rings. The van der Waals surface area contributed by atoms with Crippen LogP contribution in [0.3, 0.4) is 0 Å². The first-order chi connectivity index (χ1) is 32.0. The normalized spacial score (nSPS) is 14.0. The van der Waals surface area contributed by atoms with Gasteiger partial charge in [-0.1, -0.05) is 264 Å². The summed E-state index contributed by atoms with van der Waals surface area (Å²) in [5.74, 6) is -0.143. The highest BCUT2D eigenvalue weighted by Crippen LogP contribution is 2.43. The Morgan fingerprint density at radius 3 is 1.17 bits per heavy atom. The Labute approximate surface area is 412 Å². The number of quaternary nitrogens is 1. The van der Waals surface area contributed by atoms with Crippen LogP contribution in [0.2, 0.25) is 0 Å². The van der Waals surface area contributed by atoms with Crippen LogP contribution >= 0.6 is 7.82 Å². The van der Waals surface area contributed by atoms with Crippen molar-refractivity contribution in [3.63, 3.8) is 0 Å². The lowest BCUT2D eigenvalue weighted by Crippen LogP contribution is -2.46. The van der Waals surface area contributed by atoms with Crippen LogP contribution in [-0.4, -0.2) is 73.4 Å². The molecule has 0 aromatic carbocycles. The second-order valence-corrected chi connectivity index (χ2v) is 22.8. The van der Waals surface area contributed by atoms with E-state index < -0.39 is 20.0 Å². The molecule has 0 heterocycles. The number of hydrogen-bond acceptors (Lipinski definition) is 5. The molecule has 1 amide bonds. The first kappa shape index (κ1) is 65.2. The number of rotatable bonds is 54. The monoisotopic (exact) mass is 956 g/mol. The van der Waals surface area contributed by atoms with Gasteiger partial charge >= 0.3 is 7.82 Å². The summed E-state index contributed by atoms with van der Waals surface area (Å²) in [7, 11) is 1.63. The Balaban J connectivity index is 4.16. The Morgan fingerprint density at radius 2 is 0.818 bits per heavy atom. The van der Waals surface area contributed by atoms with Crippen molar-refractivity contribution < 1.29 is 32.9 Å². The highest BCUT2D eigenvalue weighted by atomic mass is 31.2. The molecule has 0 aliphatic rings. The van der Waals surface area contributed by atoms with Gasteiger partial charge in [0.05, 0.1) is 39.9 Å². The standard InChI is InChI=1S/C57H115N2O6P/c1-6-8-10-12-14-16-18-20-22-24-26-28-29-31-33-35-37-39-41-43-45-47-49-51-57(61)58-55(54-65-66(62,63)64-53-52-59(3,4)5)56(60)50-48-46-44-42-40-38-36-34-32-30-27-25-23-21-19-17-15-13-11-9-7-2/h31,33,55-56,60H,6-30,32,34-54H2,1-5H3,(H-,58,61,62,63)/p+1/b33-31-. The SMILES string of the molecule is CCCCCCCCCCCCCC/C=C\CCCCCCCCCC(=O)NC(COP(=O)(O)OCC[N+](C)(C)C)C(O)CCCCCCCCCCCCCCCCCCCCCCC. The molecule has 0 rings (SSSR count). The number of phosphoric ester groups is 1. The number of allylic oxidation sites excluding steroid dienone is 2. The third-order valence-corrected chi connectivity index (χ3v) is 14.5. The van der Waals surface area contributed by atoms with E-state index in [1.807, 2.05) is 21.1 Å². The van der Waals surface area contributed by atoms with E-state index in [1.165, 1.54) is 231 Å². The molecule has 9 heteroatoms. The van der Waals surface area contributed by atoms with E-state index in [-0.39, 0.29) is 19.1 Å². The van der Waals surface area contributed by atoms with Crippen molar-refractivity contribution in [3.8, 4) is 0 Å². The van der Waals surface area contributed by atoms with Gasteiger partial charge in [0.15, 0.2) is 0 Å². The van der Waals surface area contributed by atoms with Gasteiger partial charge in [-0.25, -0.2) is 4.57 Å². The van der Waals surface area contributed by atoms with Crippen LogP contribution in [0.5, 0.6) is 0 Å². The van der Waals surface area contributed by atoms with Gasteiger partial charge in [-0.15, -0.1) is 0 Å². The van der Waals surface area contributed by atoms with E-state index in [0.29, 0.717) is 23.9 Å². The molecule has 0 radical (unpaired) electrons. The average Bonchev–Trinajstić information content (AvgIpc) is 3.28. The maximum atomic E-state index is 13.0. The van der Waals surface area contributed by atoms with Crippen molar-refractivity contribution in [2.75, 3.05) is 40.9 Å². The summed E-state index contributed by atoms with van der Waals surface area (Å²) < 4.78 is 23.8. The third kappa shape index (κ3) is 51.1. The first-order valence-electron chi connectivity index (χ1n) is 29.1. The molecule has 0 saturated carbocycles. The van der Waals surface area contributed by atoms with Crippen LogP contribution in [0.4, 0.5) is 0 Å². The number of amides is 1. The quantitative estimate of drug-likeness (QED) is 0.0243. The number of unbranched alkanes of at least 4 members (excludes halogenated alkanes) is 39. The molecular weight excluding hydrogens is 840 g/mol. The predicted molar refractivity (Wildman–Crippen MR) is 286 cm³/mol. The van der Waals surface area contributed by atoms with Crippen LogP contribution < -0.4 is 5.32 Å². The zero-order chi connectivity index (χ0) is 48.5. The molecule has 66 heavy (non-hydrogen) atoms. The van der Waals surface area contributed by atoms with Crippen molar-refractivity contribution in [1.29, 1.82) is 0 Å². The number of nitrogens with one attached hydrogen (secondary N) is 1. The fourth-order valence-electron chi connectivity index (χ4n) is 8.93. The summed E-state index contributed by atoms with van der Waals surface area (Å²) in [5.41, 5.74) is 0. The van der Waals surface area contributed by atoms with Gasteiger partial charge in [-0.3, -0.25) is 13.8 Å². The third-order valence-electron chi connectivity index (χ3n) is 13.5. The van der Waals surface area contributed by atoms with Crippen LogP contribution in [0.25, 0.3) is 0 Å². The minimum atomic E-state index is -4.32. The lowest BCUT2D eigenvalue weighted by atomic mass is 10.0. The molecule has 3 unspecified atom stereocenters. The second-order valence-electron chi connectivity index (χ2n) is 21.4. The summed E-state index contributed by atoms with van der Waals surface area (Å²) >= 11 is 0. The number of likely N-dealkylation sites (N-methyl/N-ethyl adjacent to an activating group) is 1. The molecule has 0 aliphatic carbocycles. The molecule has 0 saturated heterocycles. The second kappa shape index (κ2) is 49.2. The molecule has 0 bridgehead atoms. The number of phosphoric acid groups is 1.